The maximum absolute atomic E-state index is 12.7. The lowest BCUT2D eigenvalue weighted by Gasteiger charge is -2.19. The first-order chi connectivity index (χ1) is 10.0. The van der Waals surface area contributed by atoms with Crippen LogP contribution in [0.5, 0.6) is 0 Å². The molecule has 2 amide bonds. The van der Waals surface area contributed by atoms with Gasteiger partial charge in [-0.25, -0.2) is 4.98 Å². The van der Waals surface area contributed by atoms with Crippen molar-refractivity contribution >= 4 is 42.5 Å². The van der Waals surface area contributed by atoms with E-state index in [2.05, 4.69) is 10.4 Å². The predicted octanol–water partition coefficient (Wildman–Crippen LogP) is 1.04. The van der Waals surface area contributed by atoms with E-state index in [1.807, 2.05) is 0 Å². The number of alkyl halides is 3. The third-order valence-corrected chi connectivity index (χ3v) is 3.59. The topological polar surface area (TPSA) is 62.3 Å². The normalized spacial score (nSPS) is 15.8. The molecule has 0 fully saturated rings. The average molecular weight is 331 g/mol. The van der Waals surface area contributed by atoms with E-state index < -0.39 is 28.7 Å². The molecule has 10 heteroatoms. The Kier molecular flexibility index (Phi) is 3.95. The number of carbonyl (C=O) groups is 2. The molecule has 5 nitrogen and oxygen atoms in total. The van der Waals surface area contributed by atoms with Crippen LogP contribution in [0.25, 0.3) is 0 Å². The number of hydrazine groups is 1. The number of anilines is 1. The van der Waals surface area contributed by atoms with Crippen LogP contribution < -0.4 is 10.9 Å². The SMILES string of the molecule is Bc1cc(C(F)(F)F)c(Cl)nc1NN1C(=O)C(C)=C(C)C1=O. The van der Waals surface area contributed by atoms with E-state index in [1.54, 1.807) is 0 Å². The van der Waals surface area contributed by atoms with E-state index in [0.29, 0.717) is 5.01 Å². The van der Waals surface area contributed by atoms with Crippen LogP contribution >= 0.6 is 11.6 Å². The number of nitrogens with zero attached hydrogens (tertiary/aromatic N) is 2. The fourth-order valence-corrected chi connectivity index (χ4v) is 2.11. The van der Waals surface area contributed by atoms with Crippen molar-refractivity contribution in [3.05, 3.63) is 27.9 Å². The molecule has 0 radical (unpaired) electrons. The Morgan fingerprint density at radius 2 is 1.73 bits per heavy atom. The number of nitrogens with one attached hydrogen (secondary N) is 1. The van der Waals surface area contributed by atoms with Gasteiger partial charge >= 0.3 is 6.18 Å². The molecule has 116 valence electrons. The Bertz CT molecular complexity index is 694. The van der Waals surface area contributed by atoms with E-state index in [-0.39, 0.29) is 22.4 Å². The summed E-state index contributed by atoms with van der Waals surface area (Å²) < 4.78 is 38.2. The third-order valence-electron chi connectivity index (χ3n) is 3.30. The number of hydrogen-bond acceptors (Lipinski definition) is 4. The summed E-state index contributed by atoms with van der Waals surface area (Å²) in [6.45, 7) is 2.97. The van der Waals surface area contributed by atoms with Gasteiger partial charge in [0.15, 0.2) is 0 Å². The van der Waals surface area contributed by atoms with Gasteiger partial charge in [0.25, 0.3) is 11.8 Å². The molecule has 1 aliphatic rings. The molecule has 0 aliphatic carbocycles. The van der Waals surface area contributed by atoms with Gasteiger partial charge in [0.2, 0.25) is 0 Å². The maximum atomic E-state index is 12.7. The Morgan fingerprint density at radius 3 is 2.18 bits per heavy atom. The Hall–Kier alpha value is -2.03. The first kappa shape index (κ1) is 16.3. The van der Waals surface area contributed by atoms with Crippen molar-refractivity contribution in [2.75, 3.05) is 5.43 Å². The van der Waals surface area contributed by atoms with Gasteiger partial charge < -0.3 is 0 Å². The minimum Gasteiger partial charge on any atom is -0.272 e. The summed E-state index contributed by atoms with van der Waals surface area (Å²) in [7, 11) is 1.36. The molecule has 0 aromatic carbocycles. The van der Waals surface area contributed by atoms with E-state index >= 15 is 0 Å². The Balaban J connectivity index is 2.35. The number of imide groups is 1. The molecular weight excluding hydrogens is 321 g/mol. The lowest BCUT2D eigenvalue weighted by atomic mass is 9.95. The molecular formula is C12H10BClF3N3O2. The van der Waals surface area contributed by atoms with Gasteiger partial charge in [-0.15, -0.1) is 0 Å². The molecule has 0 spiro atoms. The van der Waals surface area contributed by atoms with Gasteiger partial charge in [-0.2, -0.15) is 18.2 Å². The highest BCUT2D eigenvalue weighted by Gasteiger charge is 2.36. The first-order valence-corrected chi connectivity index (χ1v) is 6.49. The highest BCUT2D eigenvalue weighted by atomic mass is 35.5. The quantitative estimate of drug-likeness (QED) is 0.500. The van der Waals surface area contributed by atoms with Crippen molar-refractivity contribution in [2.45, 2.75) is 20.0 Å². The van der Waals surface area contributed by atoms with Crippen molar-refractivity contribution < 1.29 is 22.8 Å². The molecule has 2 rings (SSSR count). The average Bonchev–Trinajstić information content (AvgIpc) is 2.59. The number of aromatic nitrogens is 1. The van der Waals surface area contributed by atoms with Crippen LogP contribution in [0.2, 0.25) is 5.15 Å². The molecule has 0 saturated heterocycles. The Morgan fingerprint density at radius 1 is 1.23 bits per heavy atom. The lowest BCUT2D eigenvalue weighted by molar-refractivity contribution is -0.138. The molecule has 1 aliphatic heterocycles. The predicted molar refractivity (Wildman–Crippen MR) is 76.3 cm³/mol. The zero-order valence-electron chi connectivity index (χ0n) is 11.8. The van der Waals surface area contributed by atoms with E-state index in [1.165, 1.54) is 21.7 Å². The van der Waals surface area contributed by atoms with Crippen LogP contribution in [0.3, 0.4) is 0 Å². The van der Waals surface area contributed by atoms with Crippen LogP contribution in [0.15, 0.2) is 17.2 Å². The zero-order valence-corrected chi connectivity index (χ0v) is 12.6. The smallest absolute Gasteiger partial charge is 0.272 e. The largest absolute Gasteiger partial charge is 0.419 e. The summed E-state index contributed by atoms with van der Waals surface area (Å²) in [6.07, 6.45) is -4.64. The third kappa shape index (κ3) is 2.68. The molecule has 0 bridgehead atoms. The summed E-state index contributed by atoms with van der Waals surface area (Å²) in [4.78, 5) is 27.4. The summed E-state index contributed by atoms with van der Waals surface area (Å²) in [5, 5.41) is -0.0649. The van der Waals surface area contributed by atoms with Crippen LogP contribution in [0.1, 0.15) is 19.4 Å². The van der Waals surface area contributed by atoms with Crippen molar-refractivity contribution in [3.8, 4) is 0 Å². The standard InChI is InChI=1S/C12H10BClF3N3O2/c1-4-5(2)11(22)20(10(4)21)19-9-7(13)3-6(8(14)18-9)12(15,16)17/h3H,13H2,1-2H3,(H,18,19). The zero-order chi connectivity index (χ0) is 16.8. The summed E-state index contributed by atoms with van der Waals surface area (Å²) in [5.41, 5.74) is 1.95. The molecule has 1 aromatic rings. The molecule has 1 N–H and O–H groups in total. The number of hydrogen-bond donors (Lipinski definition) is 1. The minimum absolute atomic E-state index is 0.0952. The second kappa shape index (κ2) is 5.31. The highest BCUT2D eigenvalue weighted by molar-refractivity contribution is 6.37. The second-order valence-corrected chi connectivity index (χ2v) is 5.16. The van der Waals surface area contributed by atoms with Crippen molar-refractivity contribution in [1.82, 2.24) is 9.99 Å². The highest BCUT2D eigenvalue weighted by Crippen LogP contribution is 2.33. The lowest BCUT2D eigenvalue weighted by Crippen LogP contribution is -2.39. The summed E-state index contributed by atoms with van der Waals surface area (Å²) in [5.74, 6) is -1.26. The number of rotatable bonds is 2. The molecule has 22 heavy (non-hydrogen) atoms. The minimum atomic E-state index is -4.64. The number of pyridine rings is 1. The maximum Gasteiger partial charge on any atom is 0.419 e. The number of carbonyl (C=O) groups excluding carboxylic acids is 2. The van der Waals surface area contributed by atoms with Gasteiger partial charge in [-0.1, -0.05) is 11.6 Å². The van der Waals surface area contributed by atoms with Gasteiger partial charge in [-0.3, -0.25) is 15.0 Å². The van der Waals surface area contributed by atoms with Gasteiger partial charge in [0.05, 0.1) is 5.56 Å². The fourth-order valence-electron chi connectivity index (χ4n) is 1.86. The Labute approximate surface area is 129 Å². The monoisotopic (exact) mass is 331 g/mol. The van der Waals surface area contributed by atoms with Crippen LogP contribution in [-0.4, -0.2) is 29.7 Å². The van der Waals surface area contributed by atoms with Crippen molar-refractivity contribution in [1.29, 1.82) is 0 Å². The van der Waals surface area contributed by atoms with Crippen LogP contribution in [-0.2, 0) is 15.8 Å². The van der Waals surface area contributed by atoms with Crippen LogP contribution in [0.4, 0.5) is 19.0 Å². The molecule has 0 saturated carbocycles. The van der Waals surface area contributed by atoms with E-state index in [4.69, 9.17) is 11.6 Å². The number of amides is 2. The van der Waals surface area contributed by atoms with E-state index in [0.717, 1.165) is 6.07 Å². The summed E-state index contributed by atoms with van der Waals surface area (Å²) in [6, 6.07) is 0.801. The fraction of sp³-hybridized carbons (Fsp3) is 0.250. The number of halogens is 4. The molecule has 1 aromatic heterocycles. The molecule has 2 heterocycles. The second-order valence-electron chi connectivity index (χ2n) is 4.80. The van der Waals surface area contributed by atoms with Gasteiger partial charge in [0.1, 0.15) is 18.8 Å². The van der Waals surface area contributed by atoms with Crippen molar-refractivity contribution in [3.63, 3.8) is 0 Å². The molecule has 0 unspecified atom stereocenters. The van der Waals surface area contributed by atoms with Gasteiger partial charge in [-0.05, 0) is 25.4 Å². The first-order valence-electron chi connectivity index (χ1n) is 6.11. The molecule has 0 atom stereocenters. The van der Waals surface area contributed by atoms with Gasteiger partial charge in [0, 0.05) is 11.1 Å². The van der Waals surface area contributed by atoms with Crippen molar-refractivity contribution in [2.24, 2.45) is 0 Å². The summed E-state index contributed by atoms with van der Waals surface area (Å²) >= 11 is 5.53. The van der Waals surface area contributed by atoms with E-state index in [9.17, 15) is 22.8 Å². The van der Waals surface area contributed by atoms with Crippen LogP contribution in [0, 0.1) is 0 Å².